The van der Waals surface area contributed by atoms with Gasteiger partial charge >= 0.3 is 11.8 Å². The number of nitrogens with zero attached hydrogens (tertiary/aromatic N) is 1. The molecule has 3 amide bonds. The number of rotatable bonds is 7. The summed E-state index contributed by atoms with van der Waals surface area (Å²) in [5.74, 6) is -1.68. The van der Waals surface area contributed by atoms with Crippen LogP contribution in [0.25, 0.3) is 0 Å². The standard InChI is InChI=1S/C22H25ClN4O4/c1-13(2)25-21(29)22(30)27-24-11-16-10-17(23)7-8-19(16)31-12-20(28)26-18-9-14(3)5-6-15(18)4/h5-11,13H,12H2,1-4H3,(H,25,29)(H,26,28)(H,27,30)/b24-11-. The van der Waals surface area contributed by atoms with Crippen molar-refractivity contribution in [1.29, 1.82) is 0 Å². The number of anilines is 1. The molecule has 0 aliphatic rings. The molecule has 3 N–H and O–H groups in total. The molecule has 164 valence electrons. The third kappa shape index (κ3) is 7.75. The van der Waals surface area contributed by atoms with Crippen molar-refractivity contribution < 1.29 is 19.1 Å². The summed E-state index contributed by atoms with van der Waals surface area (Å²) in [6.07, 6.45) is 1.28. The summed E-state index contributed by atoms with van der Waals surface area (Å²) >= 11 is 6.02. The second-order valence-electron chi connectivity index (χ2n) is 7.16. The third-order valence-corrected chi connectivity index (χ3v) is 4.23. The first-order valence-corrected chi connectivity index (χ1v) is 9.97. The Balaban J connectivity index is 2.01. The highest BCUT2D eigenvalue weighted by Crippen LogP contribution is 2.22. The molecule has 0 saturated carbocycles. The lowest BCUT2D eigenvalue weighted by atomic mass is 10.1. The molecule has 0 atom stereocenters. The Hall–Kier alpha value is -3.39. The van der Waals surface area contributed by atoms with E-state index in [2.05, 4.69) is 21.2 Å². The van der Waals surface area contributed by atoms with E-state index < -0.39 is 11.8 Å². The minimum absolute atomic E-state index is 0.176. The molecule has 31 heavy (non-hydrogen) atoms. The van der Waals surface area contributed by atoms with Crippen LogP contribution in [0.2, 0.25) is 5.02 Å². The van der Waals surface area contributed by atoms with Gasteiger partial charge in [0.25, 0.3) is 5.91 Å². The van der Waals surface area contributed by atoms with Crippen molar-refractivity contribution in [3.05, 3.63) is 58.1 Å². The Morgan fingerprint density at radius 3 is 2.55 bits per heavy atom. The summed E-state index contributed by atoms with van der Waals surface area (Å²) in [6.45, 7) is 7.08. The van der Waals surface area contributed by atoms with Gasteiger partial charge in [0.15, 0.2) is 6.61 Å². The van der Waals surface area contributed by atoms with Crippen LogP contribution < -0.4 is 20.8 Å². The van der Waals surface area contributed by atoms with Crippen molar-refractivity contribution in [2.75, 3.05) is 11.9 Å². The van der Waals surface area contributed by atoms with Gasteiger partial charge in [0.05, 0.1) is 6.21 Å². The predicted octanol–water partition coefficient (Wildman–Crippen LogP) is 2.95. The normalized spacial score (nSPS) is 10.8. The number of aryl methyl sites for hydroxylation is 2. The summed E-state index contributed by atoms with van der Waals surface area (Å²) < 4.78 is 5.60. The van der Waals surface area contributed by atoms with Gasteiger partial charge in [-0.15, -0.1) is 0 Å². The smallest absolute Gasteiger partial charge is 0.329 e. The third-order valence-electron chi connectivity index (χ3n) is 3.99. The number of halogens is 1. The Morgan fingerprint density at radius 1 is 1.10 bits per heavy atom. The lowest BCUT2D eigenvalue weighted by Gasteiger charge is -2.12. The molecule has 0 saturated heterocycles. The minimum atomic E-state index is -0.901. The molecule has 0 aromatic heterocycles. The highest BCUT2D eigenvalue weighted by Gasteiger charge is 2.13. The highest BCUT2D eigenvalue weighted by molar-refractivity contribution is 6.35. The van der Waals surface area contributed by atoms with E-state index >= 15 is 0 Å². The lowest BCUT2D eigenvalue weighted by molar-refractivity contribution is -0.139. The molecule has 0 aliphatic heterocycles. The molecule has 0 bridgehead atoms. The molecule has 2 aromatic rings. The first-order valence-electron chi connectivity index (χ1n) is 9.59. The molecule has 8 nitrogen and oxygen atoms in total. The predicted molar refractivity (Wildman–Crippen MR) is 121 cm³/mol. The highest BCUT2D eigenvalue weighted by atomic mass is 35.5. The number of amides is 3. The van der Waals surface area contributed by atoms with Crippen molar-refractivity contribution in [3.8, 4) is 5.75 Å². The van der Waals surface area contributed by atoms with E-state index in [9.17, 15) is 14.4 Å². The van der Waals surface area contributed by atoms with Gasteiger partial charge in [0.2, 0.25) is 0 Å². The molecule has 0 radical (unpaired) electrons. The van der Waals surface area contributed by atoms with Crippen LogP contribution in [0.15, 0.2) is 41.5 Å². The van der Waals surface area contributed by atoms with Crippen LogP contribution in [-0.4, -0.2) is 36.6 Å². The molecule has 0 fully saturated rings. The number of carbonyl (C=O) groups is 3. The minimum Gasteiger partial charge on any atom is -0.483 e. The summed E-state index contributed by atoms with van der Waals surface area (Å²) in [7, 11) is 0. The van der Waals surface area contributed by atoms with Gasteiger partial charge < -0.3 is 15.4 Å². The van der Waals surface area contributed by atoms with Gasteiger partial charge in [-0.05, 0) is 63.1 Å². The van der Waals surface area contributed by atoms with E-state index in [4.69, 9.17) is 16.3 Å². The fraction of sp³-hybridized carbons (Fsp3) is 0.273. The molecule has 9 heteroatoms. The van der Waals surface area contributed by atoms with Crippen LogP contribution in [0.4, 0.5) is 5.69 Å². The number of hydrogen-bond donors (Lipinski definition) is 3. The number of ether oxygens (including phenoxy) is 1. The Kier molecular flexibility index (Phi) is 8.57. The van der Waals surface area contributed by atoms with Crippen molar-refractivity contribution in [2.24, 2.45) is 5.10 Å². The molecular weight excluding hydrogens is 420 g/mol. The monoisotopic (exact) mass is 444 g/mol. The first kappa shape index (κ1) is 23.9. The van der Waals surface area contributed by atoms with Gasteiger partial charge in [-0.3, -0.25) is 14.4 Å². The van der Waals surface area contributed by atoms with Gasteiger partial charge in [-0.1, -0.05) is 23.7 Å². The average molecular weight is 445 g/mol. The maximum atomic E-state index is 12.3. The van der Waals surface area contributed by atoms with E-state index in [0.717, 1.165) is 11.1 Å². The maximum absolute atomic E-state index is 12.3. The van der Waals surface area contributed by atoms with Crippen molar-refractivity contribution in [1.82, 2.24) is 10.7 Å². The number of hydrazone groups is 1. The topological polar surface area (TPSA) is 109 Å². The fourth-order valence-corrected chi connectivity index (χ4v) is 2.67. The molecule has 0 spiro atoms. The summed E-state index contributed by atoms with van der Waals surface area (Å²) in [6, 6.07) is 10.3. The summed E-state index contributed by atoms with van der Waals surface area (Å²) in [5.41, 5.74) is 5.25. The van der Waals surface area contributed by atoms with Crippen LogP contribution >= 0.6 is 11.6 Å². The van der Waals surface area contributed by atoms with Crippen LogP contribution in [0.3, 0.4) is 0 Å². The molecule has 0 unspecified atom stereocenters. The quantitative estimate of drug-likeness (QED) is 0.346. The Labute approximate surface area is 186 Å². The van der Waals surface area contributed by atoms with E-state index in [1.54, 1.807) is 32.0 Å². The number of hydrogen-bond acceptors (Lipinski definition) is 5. The molecule has 0 heterocycles. The van der Waals surface area contributed by atoms with Gasteiger partial charge in [-0.25, -0.2) is 5.43 Å². The Morgan fingerprint density at radius 2 is 1.84 bits per heavy atom. The molecule has 2 aromatic carbocycles. The largest absolute Gasteiger partial charge is 0.483 e. The SMILES string of the molecule is Cc1ccc(C)c(NC(=O)COc2ccc(Cl)cc2/C=N\NC(=O)C(=O)NC(C)C)c1. The maximum Gasteiger partial charge on any atom is 0.329 e. The fourth-order valence-electron chi connectivity index (χ4n) is 2.49. The van der Waals surface area contributed by atoms with Crippen LogP contribution in [0.5, 0.6) is 5.75 Å². The number of carbonyl (C=O) groups excluding carboxylic acids is 3. The molecule has 0 aliphatic carbocycles. The van der Waals surface area contributed by atoms with E-state index in [1.165, 1.54) is 6.21 Å². The van der Waals surface area contributed by atoms with Gasteiger partial charge in [-0.2, -0.15) is 5.10 Å². The summed E-state index contributed by atoms with van der Waals surface area (Å²) in [5, 5.41) is 9.45. The zero-order chi connectivity index (χ0) is 23.0. The van der Waals surface area contributed by atoms with Crippen LogP contribution in [0, 0.1) is 13.8 Å². The second-order valence-corrected chi connectivity index (χ2v) is 7.60. The molecular formula is C22H25ClN4O4. The summed E-state index contributed by atoms with van der Waals surface area (Å²) in [4.78, 5) is 35.6. The van der Waals surface area contributed by atoms with Crippen molar-refractivity contribution >= 4 is 41.2 Å². The van der Waals surface area contributed by atoms with Crippen LogP contribution in [0.1, 0.15) is 30.5 Å². The lowest BCUT2D eigenvalue weighted by Crippen LogP contribution is -2.41. The number of nitrogens with one attached hydrogen (secondary N) is 3. The molecule has 2 rings (SSSR count). The van der Waals surface area contributed by atoms with E-state index in [1.807, 2.05) is 32.0 Å². The second kappa shape index (κ2) is 11.1. The zero-order valence-electron chi connectivity index (χ0n) is 17.8. The van der Waals surface area contributed by atoms with Crippen LogP contribution in [-0.2, 0) is 14.4 Å². The average Bonchev–Trinajstić information content (AvgIpc) is 2.69. The van der Waals surface area contributed by atoms with Gasteiger partial charge in [0, 0.05) is 22.3 Å². The van der Waals surface area contributed by atoms with Gasteiger partial charge in [0.1, 0.15) is 5.75 Å². The van der Waals surface area contributed by atoms with Crippen molar-refractivity contribution in [3.63, 3.8) is 0 Å². The zero-order valence-corrected chi connectivity index (χ0v) is 18.5. The van der Waals surface area contributed by atoms with E-state index in [-0.39, 0.29) is 18.6 Å². The first-order chi connectivity index (χ1) is 14.7. The Bertz CT molecular complexity index is 1010. The van der Waals surface area contributed by atoms with Crippen molar-refractivity contribution in [2.45, 2.75) is 33.7 Å². The number of benzene rings is 2. The van der Waals surface area contributed by atoms with E-state index in [0.29, 0.717) is 22.0 Å².